The van der Waals surface area contributed by atoms with Crippen LogP contribution in [0.4, 0.5) is 10.1 Å². The third kappa shape index (κ3) is 3.42. The fourth-order valence-electron chi connectivity index (χ4n) is 1.48. The van der Waals surface area contributed by atoms with Crippen LogP contribution < -0.4 is 5.73 Å². The van der Waals surface area contributed by atoms with Gasteiger partial charge < -0.3 is 15.4 Å². The van der Waals surface area contributed by atoms with E-state index in [4.69, 9.17) is 10.5 Å². The fraction of sp³-hybridized carbons (Fsp3) is 0.417. The van der Waals surface area contributed by atoms with Crippen LogP contribution in [0.2, 0.25) is 0 Å². The molecule has 94 valence electrons. The van der Waals surface area contributed by atoms with Crippen molar-refractivity contribution in [2.45, 2.75) is 6.92 Å². The Balaban J connectivity index is 2.86. The summed E-state index contributed by atoms with van der Waals surface area (Å²) in [4.78, 5) is 13.5. The number of carbonyl (C=O) groups excluding carboxylic acids is 1. The molecular weight excluding hydrogens is 223 g/mol. The maximum atomic E-state index is 13.6. The van der Waals surface area contributed by atoms with Gasteiger partial charge in [-0.1, -0.05) is 0 Å². The van der Waals surface area contributed by atoms with Crippen molar-refractivity contribution in [3.05, 3.63) is 29.6 Å². The van der Waals surface area contributed by atoms with Crippen molar-refractivity contribution in [1.82, 2.24) is 4.90 Å². The Labute approximate surface area is 100 Å². The quantitative estimate of drug-likeness (QED) is 0.794. The summed E-state index contributed by atoms with van der Waals surface area (Å²) < 4.78 is 18.5. The Morgan fingerprint density at radius 2 is 2.24 bits per heavy atom. The molecule has 0 radical (unpaired) electrons. The van der Waals surface area contributed by atoms with Crippen molar-refractivity contribution in [2.75, 3.05) is 32.5 Å². The highest BCUT2D eigenvalue weighted by molar-refractivity contribution is 5.94. The van der Waals surface area contributed by atoms with Gasteiger partial charge in [-0.05, 0) is 25.1 Å². The molecule has 0 fully saturated rings. The lowest BCUT2D eigenvalue weighted by molar-refractivity contribution is 0.0702. The monoisotopic (exact) mass is 240 g/mol. The standard InChI is InChI=1S/C12H17FN2O2/c1-3-15(6-7-17-2)12(16)10-5-4-9(14)8-11(10)13/h4-5,8H,3,6-7,14H2,1-2H3. The highest BCUT2D eigenvalue weighted by Gasteiger charge is 2.17. The molecular formula is C12H17FN2O2. The average molecular weight is 240 g/mol. The van der Waals surface area contributed by atoms with Crippen LogP contribution in [0.15, 0.2) is 18.2 Å². The van der Waals surface area contributed by atoms with Crippen molar-refractivity contribution >= 4 is 11.6 Å². The van der Waals surface area contributed by atoms with Gasteiger partial charge in [0.1, 0.15) is 5.82 Å². The summed E-state index contributed by atoms with van der Waals surface area (Å²) in [5, 5.41) is 0. The van der Waals surface area contributed by atoms with E-state index in [-0.39, 0.29) is 11.5 Å². The van der Waals surface area contributed by atoms with Crippen LogP contribution in [0, 0.1) is 5.82 Å². The van der Waals surface area contributed by atoms with E-state index in [9.17, 15) is 9.18 Å². The zero-order valence-electron chi connectivity index (χ0n) is 10.1. The summed E-state index contributed by atoms with van der Waals surface area (Å²) in [6.07, 6.45) is 0. The van der Waals surface area contributed by atoms with Crippen molar-refractivity contribution in [3.8, 4) is 0 Å². The van der Waals surface area contributed by atoms with Crippen molar-refractivity contribution in [2.24, 2.45) is 0 Å². The third-order valence-electron chi connectivity index (χ3n) is 2.46. The summed E-state index contributed by atoms with van der Waals surface area (Å²) in [5.41, 5.74) is 5.78. The molecule has 4 nitrogen and oxygen atoms in total. The number of nitrogen functional groups attached to an aromatic ring is 1. The molecule has 0 saturated heterocycles. The van der Waals surface area contributed by atoms with Gasteiger partial charge in [-0.2, -0.15) is 0 Å². The molecule has 0 aliphatic heterocycles. The first-order valence-corrected chi connectivity index (χ1v) is 5.43. The predicted octanol–water partition coefficient (Wildman–Crippen LogP) is 1.52. The molecule has 1 amide bonds. The number of hydrogen-bond donors (Lipinski definition) is 1. The van der Waals surface area contributed by atoms with E-state index >= 15 is 0 Å². The minimum absolute atomic E-state index is 0.0390. The average Bonchev–Trinajstić information content (AvgIpc) is 2.29. The minimum atomic E-state index is -0.592. The molecule has 0 aromatic heterocycles. The number of rotatable bonds is 5. The van der Waals surface area contributed by atoms with Crippen LogP contribution >= 0.6 is 0 Å². The molecule has 17 heavy (non-hydrogen) atoms. The van der Waals surface area contributed by atoms with E-state index in [1.165, 1.54) is 17.0 Å². The maximum absolute atomic E-state index is 13.6. The minimum Gasteiger partial charge on any atom is -0.399 e. The van der Waals surface area contributed by atoms with Gasteiger partial charge in [0.2, 0.25) is 0 Å². The first-order chi connectivity index (χ1) is 8.10. The van der Waals surface area contributed by atoms with E-state index in [1.54, 1.807) is 7.11 Å². The highest BCUT2D eigenvalue weighted by atomic mass is 19.1. The molecule has 1 aromatic rings. The fourth-order valence-corrected chi connectivity index (χ4v) is 1.48. The summed E-state index contributed by atoms with van der Waals surface area (Å²) in [6, 6.07) is 4.07. The Morgan fingerprint density at radius 3 is 2.76 bits per heavy atom. The zero-order valence-corrected chi connectivity index (χ0v) is 10.1. The molecule has 1 rings (SSSR count). The summed E-state index contributed by atoms with van der Waals surface area (Å²) >= 11 is 0. The zero-order chi connectivity index (χ0) is 12.8. The number of anilines is 1. The highest BCUT2D eigenvalue weighted by Crippen LogP contribution is 2.14. The van der Waals surface area contributed by atoms with Gasteiger partial charge in [-0.25, -0.2) is 4.39 Å². The first kappa shape index (κ1) is 13.4. The number of nitrogens with zero attached hydrogens (tertiary/aromatic N) is 1. The number of halogens is 1. The lowest BCUT2D eigenvalue weighted by Crippen LogP contribution is -2.34. The molecule has 0 aliphatic rings. The van der Waals surface area contributed by atoms with Crippen LogP contribution in [0.25, 0.3) is 0 Å². The van der Waals surface area contributed by atoms with Crippen molar-refractivity contribution in [1.29, 1.82) is 0 Å². The summed E-state index contributed by atoms with van der Waals surface area (Å²) in [6.45, 7) is 3.21. The lowest BCUT2D eigenvalue weighted by Gasteiger charge is -2.20. The molecule has 0 saturated carbocycles. The predicted molar refractivity (Wildman–Crippen MR) is 64.3 cm³/mol. The van der Waals surface area contributed by atoms with Gasteiger partial charge in [0.05, 0.1) is 12.2 Å². The molecule has 2 N–H and O–H groups in total. The second kappa shape index (κ2) is 6.20. The Hall–Kier alpha value is -1.62. The molecule has 0 heterocycles. The van der Waals surface area contributed by atoms with Crippen LogP contribution in [-0.2, 0) is 4.74 Å². The van der Waals surface area contributed by atoms with Gasteiger partial charge in [0.15, 0.2) is 0 Å². The van der Waals surface area contributed by atoms with Crippen LogP contribution in [0.5, 0.6) is 0 Å². The van der Waals surface area contributed by atoms with Gasteiger partial charge in [0, 0.05) is 25.9 Å². The number of ether oxygens (including phenoxy) is 1. The molecule has 0 spiro atoms. The van der Waals surface area contributed by atoms with Gasteiger partial charge in [0.25, 0.3) is 5.91 Å². The smallest absolute Gasteiger partial charge is 0.256 e. The Kier molecular flexibility index (Phi) is 4.90. The van der Waals surface area contributed by atoms with Crippen molar-refractivity contribution in [3.63, 3.8) is 0 Å². The summed E-state index contributed by atoms with van der Waals surface area (Å²) in [7, 11) is 1.56. The van der Waals surface area contributed by atoms with E-state index in [0.717, 1.165) is 6.07 Å². The SMILES string of the molecule is CCN(CCOC)C(=O)c1ccc(N)cc1F. The summed E-state index contributed by atoms with van der Waals surface area (Å²) in [5.74, 6) is -0.937. The molecule has 0 atom stereocenters. The number of methoxy groups -OCH3 is 1. The Morgan fingerprint density at radius 1 is 1.53 bits per heavy atom. The van der Waals surface area contributed by atoms with Gasteiger partial charge >= 0.3 is 0 Å². The van der Waals surface area contributed by atoms with Gasteiger partial charge in [-0.15, -0.1) is 0 Å². The van der Waals surface area contributed by atoms with Crippen LogP contribution in [-0.4, -0.2) is 37.6 Å². The van der Waals surface area contributed by atoms with Crippen molar-refractivity contribution < 1.29 is 13.9 Å². The second-order valence-corrected chi connectivity index (χ2v) is 3.62. The largest absolute Gasteiger partial charge is 0.399 e. The lowest BCUT2D eigenvalue weighted by atomic mass is 10.1. The molecule has 5 heteroatoms. The van der Waals surface area contributed by atoms with E-state index in [1.807, 2.05) is 6.92 Å². The molecule has 0 unspecified atom stereocenters. The third-order valence-corrected chi connectivity index (χ3v) is 2.46. The molecule has 1 aromatic carbocycles. The molecule has 0 aliphatic carbocycles. The normalized spacial score (nSPS) is 10.3. The van der Waals surface area contributed by atoms with Crippen LogP contribution in [0.3, 0.4) is 0 Å². The number of amides is 1. The number of carbonyl (C=O) groups is 1. The van der Waals surface area contributed by atoms with Gasteiger partial charge in [-0.3, -0.25) is 4.79 Å². The number of nitrogens with two attached hydrogens (primary N) is 1. The molecule has 0 bridgehead atoms. The van der Waals surface area contributed by atoms with E-state index in [0.29, 0.717) is 25.4 Å². The Bertz CT molecular complexity index is 396. The topological polar surface area (TPSA) is 55.6 Å². The second-order valence-electron chi connectivity index (χ2n) is 3.62. The first-order valence-electron chi connectivity index (χ1n) is 5.43. The number of benzene rings is 1. The number of hydrogen-bond acceptors (Lipinski definition) is 3. The van der Waals surface area contributed by atoms with E-state index in [2.05, 4.69) is 0 Å². The van der Waals surface area contributed by atoms with Crippen LogP contribution in [0.1, 0.15) is 17.3 Å². The van der Waals surface area contributed by atoms with E-state index < -0.39 is 5.82 Å². The maximum Gasteiger partial charge on any atom is 0.256 e. The number of likely N-dealkylation sites (N-methyl/N-ethyl adjacent to an activating group) is 1.